The number of cyclic esters (lactones) is 4. The predicted octanol–water partition coefficient (Wildman–Crippen LogP) is -1.17. The van der Waals surface area contributed by atoms with E-state index in [1.165, 1.54) is 0 Å². The Labute approximate surface area is 143 Å². The maximum absolute atomic E-state index is 12.7. The lowest BCUT2D eigenvalue weighted by Gasteiger charge is -2.19. The summed E-state index contributed by atoms with van der Waals surface area (Å²) in [6.07, 6.45) is 4.40. The highest BCUT2D eigenvalue weighted by atomic mass is 16.6. The molecule has 0 radical (unpaired) electrons. The van der Waals surface area contributed by atoms with E-state index in [9.17, 15) is 33.6 Å². The van der Waals surface area contributed by atoms with Gasteiger partial charge in [0.1, 0.15) is 23.0 Å². The summed E-state index contributed by atoms with van der Waals surface area (Å²) in [4.78, 5) is 83.6. The van der Waals surface area contributed by atoms with Crippen LogP contribution in [0.2, 0.25) is 0 Å². The molecule has 2 aliphatic heterocycles. The van der Waals surface area contributed by atoms with Gasteiger partial charge in [-0.25, -0.2) is 19.2 Å². The summed E-state index contributed by atoms with van der Waals surface area (Å²) in [5.41, 5.74) is -1.58. The summed E-state index contributed by atoms with van der Waals surface area (Å²) < 4.78 is 8.67. The quantitative estimate of drug-likeness (QED) is 0.341. The Morgan fingerprint density at radius 1 is 0.654 bits per heavy atom. The monoisotopic (exact) mass is 354 g/mol. The maximum atomic E-state index is 12.7. The van der Waals surface area contributed by atoms with Crippen molar-refractivity contribution in [2.24, 2.45) is 11.8 Å². The van der Waals surface area contributed by atoms with E-state index >= 15 is 0 Å². The van der Waals surface area contributed by atoms with Crippen LogP contribution in [0.1, 0.15) is 0 Å². The van der Waals surface area contributed by atoms with Gasteiger partial charge >= 0.3 is 23.9 Å². The van der Waals surface area contributed by atoms with Gasteiger partial charge in [-0.05, 0) is 12.2 Å². The molecule has 0 amide bonds. The highest BCUT2D eigenvalue weighted by Crippen LogP contribution is 2.33. The predicted molar refractivity (Wildman–Crippen MR) is 76.5 cm³/mol. The van der Waals surface area contributed by atoms with E-state index in [1.807, 2.05) is 0 Å². The molecule has 0 bridgehead atoms. The summed E-state index contributed by atoms with van der Waals surface area (Å²) in [7, 11) is 0. The zero-order valence-corrected chi connectivity index (χ0v) is 12.6. The fourth-order valence-corrected chi connectivity index (χ4v) is 3.09. The number of esters is 4. The summed E-state index contributed by atoms with van der Waals surface area (Å²) >= 11 is 0. The molecule has 0 spiro atoms. The fourth-order valence-electron chi connectivity index (χ4n) is 3.09. The van der Waals surface area contributed by atoms with Crippen LogP contribution in [0, 0.1) is 11.8 Å². The molecule has 0 aromatic rings. The van der Waals surface area contributed by atoms with Gasteiger partial charge in [0.25, 0.3) is 0 Å². The van der Waals surface area contributed by atoms with E-state index in [0.717, 1.165) is 24.3 Å². The minimum Gasteiger partial charge on any atom is -0.386 e. The van der Waals surface area contributed by atoms with E-state index in [2.05, 4.69) is 9.47 Å². The van der Waals surface area contributed by atoms with Crippen molar-refractivity contribution in [2.75, 3.05) is 0 Å². The second-order valence-corrected chi connectivity index (χ2v) is 5.74. The van der Waals surface area contributed by atoms with E-state index < -0.39 is 64.2 Å². The second kappa shape index (κ2) is 5.12. The molecule has 2 atom stereocenters. The molecule has 128 valence electrons. The second-order valence-electron chi connectivity index (χ2n) is 5.74. The first-order chi connectivity index (χ1) is 12.3. The van der Waals surface area contributed by atoms with Gasteiger partial charge in [0.2, 0.25) is 0 Å². The van der Waals surface area contributed by atoms with E-state index in [1.54, 1.807) is 0 Å². The summed E-state index contributed by atoms with van der Waals surface area (Å²) in [6.45, 7) is 0. The van der Waals surface area contributed by atoms with Crippen molar-refractivity contribution in [1.82, 2.24) is 0 Å². The number of allylic oxidation sites excluding steroid dienone is 2. The van der Waals surface area contributed by atoms with Crippen molar-refractivity contribution in [3.8, 4) is 0 Å². The third-order valence-electron chi connectivity index (χ3n) is 4.34. The Bertz CT molecular complexity index is 935. The number of Topliss-reactive ketones (excluding diaryl/α,β-unsaturated/α-hetero) is 3. The number of rotatable bonds is 2. The average molecular weight is 354 g/mol. The fraction of sp³-hybridized carbons (Fsp3) is 0.118. The van der Waals surface area contributed by atoms with Gasteiger partial charge in [0.15, 0.2) is 17.3 Å². The van der Waals surface area contributed by atoms with Crippen molar-refractivity contribution in [3.05, 3.63) is 46.6 Å². The zero-order valence-electron chi connectivity index (χ0n) is 12.6. The molecule has 0 saturated heterocycles. The normalized spacial score (nSPS) is 27.1. The van der Waals surface area contributed by atoms with E-state index in [-0.39, 0.29) is 11.1 Å². The molecule has 2 heterocycles. The van der Waals surface area contributed by atoms with Gasteiger partial charge in [-0.1, -0.05) is 12.2 Å². The minimum atomic E-state index is -1.50. The van der Waals surface area contributed by atoms with Gasteiger partial charge in [-0.15, -0.1) is 0 Å². The third-order valence-corrected chi connectivity index (χ3v) is 4.34. The van der Waals surface area contributed by atoms with Crippen molar-refractivity contribution < 1.29 is 43.0 Å². The Kier molecular flexibility index (Phi) is 3.10. The molecule has 4 aliphatic rings. The topological polar surface area (TPSA) is 138 Å². The zero-order chi connectivity index (χ0) is 18.7. The van der Waals surface area contributed by atoms with Crippen LogP contribution in [-0.4, -0.2) is 41.2 Å². The van der Waals surface area contributed by atoms with Crippen LogP contribution in [-0.2, 0) is 43.0 Å². The summed E-state index contributed by atoms with van der Waals surface area (Å²) in [6, 6.07) is 0. The lowest BCUT2D eigenvalue weighted by molar-refractivity contribution is -0.153. The van der Waals surface area contributed by atoms with Gasteiger partial charge in [-0.3, -0.25) is 14.4 Å². The third kappa shape index (κ3) is 1.94. The highest BCUT2D eigenvalue weighted by Gasteiger charge is 2.48. The summed E-state index contributed by atoms with van der Waals surface area (Å²) in [5, 5.41) is 0. The highest BCUT2D eigenvalue weighted by molar-refractivity contribution is 6.37. The number of ketones is 3. The Balaban J connectivity index is 1.65. The van der Waals surface area contributed by atoms with Crippen molar-refractivity contribution >= 4 is 41.2 Å². The Morgan fingerprint density at radius 2 is 1.04 bits per heavy atom. The van der Waals surface area contributed by atoms with Crippen LogP contribution in [0.3, 0.4) is 0 Å². The number of carbonyl (C=O) groups excluding carboxylic acids is 7. The standard InChI is InChI=1S/C17H6O9/c18-11(7-3-1-5-9(12(7)19)16(23)25-14(5)21)8-4-2-6-10(13(8)20)17(24)26-15(6)22/h1-4,7-8H. The molecule has 2 aliphatic carbocycles. The lowest BCUT2D eigenvalue weighted by Crippen LogP contribution is -2.37. The largest absolute Gasteiger partial charge is 0.386 e. The van der Waals surface area contributed by atoms with Gasteiger partial charge < -0.3 is 9.47 Å². The van der Waals surface area contributed by atoms with Gasteiger partial charge in [0, 0.05) is 0 Å². The van der Waals surface area contributed by atoms with Crippen LogP contribution < -0.4 is 0 Å². The molecule has 9 nitrogen and oxygen atoms in total. The molecule has 0 aromatic carbocycles. The molecule has 4 rings (SSSR count). The van der Waals surface area contributed by atoms with Crippen LogP contribution in [0.15, 0.2) is 46.6 Å². The van der Waals surface area contributed by atoms with Crippen LogP contribution >= 0.6 is 0 Å². The SMILES string of the molecule is O=C1OC(=O)C2=C1C=CC(C(=O)C1C=CC3=C(C(=O)OC3=O)C1=O)C2=O. The molecule has 0 fully saturated rings. The van der Waals surface area contributed by atoms with Crippen molar-refractivity contribution in [1.29, 1.82) is 0 Å². The minimum absolute atomic E-state index is 0.246. The molecular weight excluding hydrogens is 348 g/mol. The van der Waals surface area contributed by atoms with Gasteiger partial charge in [0.05, 0.1) is 11.1 Å². The van der Waals surface area contributed by atoms with Crippen LogP contribution in [0.4, 0.5) is 0 Å². The molecule has 26 heavy (non-hydrogen) atoms. The van der Waals surface area contributed by atoms with Crippen LogP contribution in [0.25, 0.3) is 0 Å². The summed E-state index contributed by atoms with van der Waals surface area (Å²) in [5.74, 6) is -10.1. The molecule has 0 aromatic heterocycles. The number of carbonyl (C=O) groups is 7. The Morgan fingerprint density at radius 3 is 1.42 bits per heavy atom. The molecule has 9 heteroatoms. The lowest BCUT2D eigenvalue weighted by atomic mass is 9.78. The van der Waals surface area contributed by atoms with Crippen molar-refractivity contribution in [3.63, 3.8) is 0 Å². The molecular formula is C17H6O9. The molecule has 0 saturated carbocycles. The van der Waals surface area contributed by atoms with Gasteiger partial charge in [-0.2, -0.15) is 0 Å². The Hall–Kier alpha value is -3.75. The first-order valence-electron chi connectivity index (χ1n) is 7.31. The number of hydrogen-bond acceptors (Lipinski definition) is 9. The van der Waals surface area contributed by atoms with E-state index in [0.29, 0.717) is 0 Å². The van der Waals surface area contributed by atoms with Crippen molar-refractivity contribution in [2.45, 2.75) is 0 Å². The van der Waals surface area contributed by atoms with Crippen LogP contribution in [0.5, 0.6) is 0 Å². The van der Waals surface area contributed by atoms with E-state index in [4.69, 9.17) is 0 Å². The number of hydrogen-bond donors (Lipinski definition) is 0. The first-order valence-corrected chi connectivity index (χ1v) is 7.31. The average Bonchev–Trinajstić information content (AvgIpc) is 3.04. The molecule has 0 N–H and O–H groups in total. The smallest absolute Gasteiger partial charge is 0.350 e. The number of ether oxygens (including phenoxy) is 2. The first kappa shape index (κ1) is 15.8. The maximum Gasteiger partial charge on any atom is 0.350 e. The molecule has 2 unspecified atom stereocenters.